The molecule has 1 saturated heterocycles. The zero-order valence-electron chi connectivity index (χ0n) is 14.1. The molecule has 5 nitrogen and oxygen atoms in total. The number of anilines is 1. The van der Waals surface area contributed by atoms with Crippen LogP contribution < -0.4 is 5.32 Å². The van der Waals surface area contributed by atoms with E-state index in [1.54, 1.807) is 6.92 Å². The smallest absolute Gasteiger partial charge is 0.241 e. The van der Waals surface area contributed by atoms with Crippen LogP contribution in [0, 0.1) is 11.6 Å². The first-order valence-corrected chi connectivity index (χ1v) is 8.31. The molecule has 0 radical (unpaired) electrons. The molecule has 0 bridgehead atoms. The monoisotopic (exact) mass is 341 g/mol. The predicted octanol–water partition coefficient (Wildman–Crippen LogP) is 1.68. The van der Waals surface area contributed by atoms with Gasteiger partial charge < -0.3 is 10.4 Å². The summed E-state index contributed by atoms with van der Waals surface area (Å²) < 4.78 is 26.5. The average molecular weight is 341 g/mol. The summed E-state index contributed by atoms with van der Waals surface area (Å²) in [5.74, 6) is -1.78. The minimum atomic E-state index is -0.783. The number of piperazine rings is 1. The van der Waals surface area contributed by atoms with Crippen molar-refractivity contribution in [2.75, 3.05) is 38.1 Å². The van der Waals surface area contributed by atoms with Gasteiger partial charge in [0.2, 0.25) is 5.91 Å². The van der Waals surface area contributed by atoms with Crippen LogP contribution in [0.4, 0.5) is 14.5 Å². The summed E-state index contributed by atoms with van der Waals surface area (Å²) in [5.41, 5.74) is -0.0155. The number of amides is 1. The molecule has 24 heavy (non-hydrogen) atoms. The first kappa shape index (κ1) is 18.8. The maximum absolute atomic E-state index is 13.6. The average Bonchev–Trinajstić information content (AvgIpc) is 2.58. The molecule has 1 heterocycles. The highest BCUT2D eigenvalue weighted by Crippen LogP contribution is 2.17. The van der Waals surface area contributed by atoms with Crippen molar-refractivity contribution in [2.45, 2.75) is 32.4 Å². The number of benzene rings is 1. The standard InChI is InChI=1S/C17H25F2N3O2/c1-3-14(11-23)22-8-6-21(7-9-22)12(2)17(24)20-16-5-4-13(18)10-15(16)19/h4-5,10,12,14,23H,3,6-9,11H2,1-2H3,(H,20,24). The van der Waals surface area contributed by atoms with Gasteiger partial charge in [0.05, 0.1) is 18.3 Å². The van der Waals surface area contributed by atoms with E-state index < -0.39 is 17.7 Å². The van der Waals surface area contributed by atoms with Crippen molar-refractivity contribution < 1.29 is 18.7 Å². The third-order valence-electron chi connectivity index (χ3n) is 4.66. The first-order chi connectivity index (χ1) is 11.5. The molecule has 0 saturated carbocycles. The molecule has 1 aromatic carbocycles. The van der Waals surface area contributed by atoms with Crippen molar-refractivity contribution in [2.24, 2.45) is 0 Å². The van der Waals surface area contributed by atoms with E-state index in [0.717, 1.165) is 31.6 Å². The highest BCUT2D eigenvalue weighted by atomic mass is 19.1. The summed E-state index contributed by atoms with van der Waals surface area (Å²) >= 11 is 0. The number of aliphatic hydroxyl groups is 1. The van der Waals surface area contributed by atoms with Crippen LogP contribution in [0.3, 0.4) is 0 Å². The topological polar surface area (TPSA) is 55.8 Å². The molecule has 1 aliphatic rings. The number of halogens is 2. The fourth-order valence-corrected chi connectivity index (χ4v) is 2.99. The van der Waals surface area contributed by atoms with Crippen molar-refractivity contribution in [3.63, 3.8) is 0 Å². The second-order valence-electron chi connectivity index (χ2n) is 6.11. The van der Waals surface area contributed by atoms with Crippen LogP contribution in [0.1, 0.15) is 20.3 Å². The van der Waals surface area contributed by atoms with Gasteiger partial charge in [-0.15, -0.1) is 0 Å². The second-order valence-corrected chi connectivity index (χ2v) is 6.11. The van der Waals surface area contributed by atoms with Crippen molar-refractivity contribution in [1.29, 1.82) is 0 Å². The molecule has 1 fully saturated rings. The van der Waals surface area contributed by atoms with Crippen LogP contribution in [0.5, 0.6) is 0 Å². The van der Waals surface area contributed by atoms with E-state index in [1.165, 1.54) is 6.07 Å². The van der Waals surface area contributed by atoms with Gasteiger partial charge in [0.25, 0.3) is 0 Å². The van der Waals surface area contributed by atoms with Gasteiger partial charge in [-0.05, 0) is 25.5 Å². The predicted molar refractivity (Wildman–Crippen MR) is 88.8 cm³/mol. The van der Waals surface area contributed by atoms with Crippen LogP contribution in [-0.2, 0) is 4.79 Å². The largest absolute Gasteiger partial charge is 0.395 e. The minimum Gasteiger partial charge on any atom is -0.395 e. The fourth-order valence-electron chi connectivity index (χ4n) is 2.99. The maximum Gasteiger partial charge on any atom is 0.241 e. The van der Waals surface area contributed by atoms with E-state index in [2.05, 4.69) is 10.2 Å². The van der Waals surface area contributed by atoms with Gasteiger partial charge in [0.15, 0.2) is 0 Å². The van der Waals surface area contributed by atoms with Crippen molar-refractivity contribution in [1.82, 2.24) is 9.80 Å². The van der Waals surface area contributed by atoms with Gasteiger partial charge in [-0.1, -0.05) is 6.92 Å². The molecule has 2 N–H and O–H groups in total. The number of carbonyl (C=O) groups excluding carboxylic acids is 1. The zero-order valence-corrected chi connectivity index (χ0v) is 14.1. The van der Waals surface area contributed by atoms with E-state index in [4.69, 9.17) is 0 Å². The van der Waals surface area contributed by atoms with Gasteiger partial charge in [0.1, 0.15) is 11.6 Å². The summed E-state index contributed by atoms with van der Waals surface area (Å²) in [6, 6.07) is 2.83. The quantitative estimate of drug-likeness (QED) is 0.827. The zero-order chi connectivity index (χ0) is 17.7. The number of rotatable bonds is 6. The van der Waals surface area contributed by atoms with Crippen LogP contribution in [0.2, 0.25) is 0 Å². The lowest BCUT2D eigenvalue weighted by Gasteiger charge is -2.40. The van der Waals surface area contributed by atoms with Crippen molar-refractivity contribution in [3.05, 3.63) is 29.8 Å². The first-order valence-electron chi connectivity index (χ1n) is 8.31. The summed E-state index contributed by atoms with van der Waals surface area (Å²) in [6.45, 7) is 6.92. The lowest BCUT2D eigenvalue weighted by Crippen LogP contribution is -2.55. The number of aliphatic hydroxyl groups excluding tert-OH is 1. The van der Waals surface area contributed by atoms with Crippen molar-refractivity contribution >= 4 is 11.6 Å². The Morgan fingerprint density at radius 3 is 2.42 bits per heavy atom. The van der Waals surface area contributed by atoms with Crippen LogP contribution in [0.15, 0.2) is 18.2 Å². The van der Waals surface area contributed by atoms with Gasteiger partial charge in [0, 0.05) is 38.3 Å². The highest BCUT2D eigenvalue weighted by Gasteiger charge is 2.28. The van der Waals surface area contributed by atoms with E-state index in [0.29, 0.717) is 13.1 Å². The third kappa shape index (κ3) is 4.49. The Morgan fingerprint density at radius 1 is 1.25 bits per heavy atom. The molecule has 1 aliphatic heterocycles. The Bertz CT molecular complexity index is 559. The Kier molecular flexibility index (Phi) is 6.65. The molecule has 1 amide bonds. The molecule has 7 heteroatoms. The van der Waals surface area contributed by atoms with Crippen molar-refractivity contribution in [3.8, 4) is 0 Å². The van der Waals surface area contributed by atoms with Gasteiger partial charge in [-0.3, -0.25) is 14.6 Å². The van der Waals surface area contributed by atoms with Gasteiger partial charge >= 0.3 is 0 Å². The Labute approximate surface area is 141 Å². The van der Waals surface area contributed by atoms with Gasteiger partial charge in [-0.2, -0.15) is 0 Å². The van der Waals surface area contributed by atoms with Crippen LogP contribution in [0.25, 0.3) is 0 Å². The summed E-state index contributed by atoms with van der Waals surface area (Å²) in [5, 5.41) is 11.9. The Balaban J connectivity index is 1.90. The molecule has 2 rings (SSSR count). The van der Waals surface area contributed by atoms with Gasteiger partial charge in [-0.25, -0.2) is 8.78 Å². The highest BCUT2D eigenvalue weighted by molar-refractivity contribution is 5.94. The normalized spacial score (nSPS) is 19.0. The Morgan fingerprint density at radius 2 is 1.88 bits per heavy atom. The number of carbonyl (C=O) groups is 1. The van der Waals surface area contributed by atoms with E-state index in [1.807, 2.05) is 11.8 Å². The molecule has 2 unspecified atom stereocenters. The number of nitrogens with zero attached hydrogens (tertiary/aromatic N) is 2. The third-order valence-corrected chi connectivity index (χ3v) is 4.66. The van der Waals surface area contributed by atoms with Crippen LogP contribution >= 0.6 is 0 Å². The molecular formula is C17H25F2N3O2. The lowest BCUT2D eigenvalue weighted by molar-refractivity contribution is -0.121. The van der Waals surface area contributed by atoms with E-state index >= 15 is 0 Å². The van der Waals surface area contributed by atoms with E-state index in [-0.39, 0.29) is 24.2 Å². The molecule has 2 atom stereocenters. The number of hydrogen-bond donors (Lipinski definition) is 2. The summed E-state index contributed by atoms with van der Waals surface area (Å²) in [4.78, 5) is 16.6. The molecular weight excluding hydrogens is 316 g/mol. The SMILES string of the molecule is CCC(CO)N1CCN(C(C)C(=O)Nc2ccc(F)cc2F)CC1. The molecule has 0 aromatic heterocycles. The lowest BCUT2D eigenvalue weighted by atomic mass is 10.1. The molecule has 134 valence electrons. The van der Waals surface area contributed by atoms with E-state index in [9.17, 15) is 18.7 Å². The summed E-state index contributed by atoms with van der Waals surface area (Å²) in [7, 11) is 0. The summed E-state index contributed by atoms with van der Waals surface area (Å²) in [6.07, 6.45) is 0.885. The number of nitrogens with one attached hydrogen (secondary N) is 1. The molecule has 0 spiro atoms. The van der Waals surface area contributed by atoms with Crippen LogP contribution in [-0.4, -0.2) is 65.7 Å². The Hall–Kier alpha value is -1.57. The minimum absolute atomic E-state index is 0.0155. The second kappa shape index (κ2) is 8.50. The number of hydrogen-bond acceptors (Lipinski definition) is 4. The molecule has 0 aliphatic carbocycles. The molecule has 1 aromatic rings. The maximum atomic E-state index is 13.6. The fraction of sp³-hybridized carbons (Fsp3) is 0.588.